The summed E-state index contributed by atoms with van der Waals surface area (Å²) in [6.45, 7) is 23.2. The molecule has 0 atom stereocenters. The predicted octanol–water partition coefficient (Wildman–Crippen LogP) is 10.9. The standard InChI is InChI=1S/C41H52/c1-29-18-32(25-36(19-29)39(2,3)4)21-34-23-35(28-38(27-34)41(8,9)10)22-33-20-31(24-37(26-33)40(5,6)7)17-16-30-14-12-11-13-15-30/h11-15,18-20,23-28H,16-17,21-22H2,1-10H3. The molecule has 0 amide bonds. The molecule has 0 nitrogen and oxygen atoms in total. The third-order valence-corrected chi connectivity index (χ3v) is 8.20. The molecule has 0 unspecified atom stereocenters. The first-order chi connectivity index (χ1) is 19.1. The molecule has 0 saturated heterocycles. The summed E-state index contributed by atoms with van der Waals surface area (Å²) in [5, 5.41) is 0. The van der Waals surface area contributed by atoms with E-state index >= 15 is 0 Å². The third-order valence-electron chi connectivity index (χ3n) is 8.20. The van der Waals surface area contributed by atoms with Crippen molar-refractivity contribution in [1.29, 1.82) is 0 Å². The number of rotatable bonds is 7. The van der Waals surface area contributed by atoms with Gasteiger partial charge in [0, 0.05) is 0 Å². The van der Waals surface area contributed by atoms with Gasteiger partial charge in [-0.25, -0.2) is 0 Å². The van der Waals surface area contributed by atoms with Gasteiger partial charge in [0.1, 0.15) is 0 Å². The van der Waals surface area contributed by atoms with Crippen LogP contribution >= 0.6 is 0 Å². The molecule has 0 aliphatic carbocycles. The van der Waals surface area contributed by atoms with E-state index in [1.54, 1.807) is 0 Å². The Morgan fingerprint density at radius 3 is 1.22 bits per heavy atom. The minimum Gasteiger partial charge on any atom is -0.0622 e. The summed E-state index contributed by atoms with van der Waals surface area (Å²) in [5.74, 6) is 0. The lowest BCUT2D eigenvalue weighted by Gasteiger charge is -2.24. The van der Waals surface area contributed by atoms with Crippen LogP contribution in [0.1, 0.15) is 118 Å². The van der Waals surface area contributed by atoms with Crippen LogP contribution < -0.4 is 0 Å². The first kappa shape index (κ1) is 30.8. The predicted molar refractivity (Wildman–Crippen MR) is 180 cm³/mol. The minimum atomic E-state index is 0.0992. The molecule has 0 fully saturated rings. The summed E-state index contributed by atoms with van der Waals surface area (Å²) in [7, 11) is 0. The zero-order valence-electron chi connectivity index (χ0n) is 27.4. The van der Waals surface area contributed by atoms with Gasteiger partial charge >= 0.3 is 0 Å². The lowest BCUT2D eigenvalue weighted by atomic mass is 9.81. The van der Waals surface area contributed by atoms with E-state index in [1.807, 2.05) is 0 Å². The maximum Gasteiger partial charge on any atom is -0.00254 e. The third kappa shape index (κ3) is 8.68. The van der Waals surface area contributed by atoms with Gasteiger partial charge in [0.15, 0.2) is 0 Å². The van der Waals surface area contributed by atoms with E-state index in [9.17, 15) is 0 Å². The molecular weight excluding hydrogens is 492 g/mol. The van der Waals surface area contributed by atoms with Crippen LogP contribution in [0, 0.1) is 6.92 Å². The Morgan fingerprint density at radius 1 is 0.390 bits per heavy atom. The molecule has 0 aliphatic rings. The molecular formula is C41H52. The Labute approximate surface area is 251 Å². The van der Waals surface area contributed by atoms with Gasteiger partial charge in [-0.2, -0.15) is 0 Å². The zero-order valence-corrected chi connectivity index (χ0v) is 27.4. The highest BCUT2D eigenvalue weighted by Crippen LogP contribution is 2.31. The number of hydrogen-bond acceptors (Lipinski definition) is 0. The zero-order chi connectivity index (χ0) is 30.0. The monoisotopic (exact) mass is 544 g/mol. The van der Waals surface area contributed by atoms with Crippen LogP contribution in [0.2, 0.25) is 0 Å². The van der Waals surface area contributed by atoms with Crippen molar-refractivity contribution in [3.63, 3.8) is 0 Å². The molecule has 41 heavy (non-hydrogen) atoms. The highest BCUT2D eigenvalue weighted by atomic mass is 14.2. The van der Waals surface area contributed by atoms with E-state index in [0.29, 0.717) is 0 Å². The fourth-order valence-corrected chi connectivity index (χ4v) is 5.64. The average Bonchev–Trinajstić information content (AvgIpc) is 2.86. The van der Waals surface area contributed by atoms with E-state index in [0.717, 1.165) is 25.7 Å². The Balaban J connectivity index is 1.69. The summed E-state index contributed by atoms with van der Waals surface area (Å²) in [5.41, 5.74) is 14.5. The summed E-state index contributed by atoms with van der Waals surface area (Å²) in [4.78, 5) is 0. The van der Waals surface area contributed by atoms with Crippen molar-refractivity contribution >= 4 is 0 Å². The molecule has 0 spiro atoms. The van der Waals surface area contributed by atoms with E-state index in [4.69, 9.17) is 0 Å². The van der Waals surface area contributed by atoms with Gasteiger partial charge in [-0.1, -0.05) is 153 Å². The van der Waals surface area contributed by atoms with Gasteiger partial charge in [0.25, 0.3) is 0 Å². The fourth-order valence-electron chi connectivity index (χ4n) is 5.64. The van der Waals surface area contributed by atoms with Crippen molar-refractivity contribution < 1.29 is 0 Å². The Kier molecular flexibility index (Phi) is 9.03. The van der Waals surface area contributed by atoms with Crippen molar-refractivity contribution in [2.75, 3.05) is 0 Å². The largest absolute Gasteiger partial charge is 0.0622 e. The van der Waals surface area contributed by atoms with Crippen LogP contribution in [-0.4, -0.2) is 0 Å². The molecule has 4 rings (SSSR count). The molecule has 0 radical (unpaired) electrons. The summed E-state index contributed by atoms with van der Waals surface area (Å²) in [6.07, 6.45) is 4.06. The highest BCUT2D eigenvalue weighted by molar-refractivity contribution is 5.43. The Morgan fingerprint density at radius 2 is 0.756 bits per heavy atom. The molecule has 216 valence electrons. The topological polar surface area (TPSA) is 0 Å². The van der Waals surface area contributed by atoms with Crippen molar-refractivity contribution in [3.8, 4) is 0 Å². The van der Waals surface area contributed by atoms with Gasteiger partial charge in [0.2, 0.25) is 0 Å². The lowest BCUT2D eigenvalue weighted by molar-refractivity contribution is 0.587. The van der Waals surface area contributed by atoms with E-state index in [-0.39, 0.29) is 16.2 Å². The number of benzene rings is 4. The van der Waals surface area contributed by atoms with Crippen LogP contribution in [0.5, 0.6) is 0 Å². The van der Waals surface area contributed by atoms with Gasteiger partial charge in [-0.05, 0) is 98.9 Å². The van der Waals surface area contributed by atoms with Crippen LogP contribution in [-0.2, 0) is 41.9 Å². The molecule has 0 saturated carbocycles. The van der Waals surface area contributed by atoms with Crippen molar-refractivity contribution in [2.24, 2.45) is 0 Å². The number of aryl methyl sites for hydroxylation is 3. The van der Waals surface area contributed by atoms with E-state index in [1.165, 1.54) is 55.6 Å². The average molecular weight is 545 g/mol. The summed E-state index contributed by atoms with van der Waals surface area (Å²) in [6, 6.07) is 32.7. The molecule has 0 bridgehead atoms. The maximum absolute atomic E-state index is 2.46. The minimum absolute atomic E-state index is 0.0992. The van der Waals surface area contributed by atoms with Crippen LogP contribution in [0.3, 0.4) is 0 Å². The molecule has 0 N–H and O–H groups in total. The summed E-state index contributed by atoms with van der Waals surface area (Å²) < 4.78 is 0. The Bertz CT molecular complexity index is 1460. The van der Waals surface area contributed by atoms with Gasteiger partial charge in [-0.15, -0.1) is 0 Å². The van der Waals surface area contributed by atoms with Gasteiger partial charge < -0.3 is 0 Å². The highest BCUT2D eigenvalue weighted by Gasteiger charge is 2.19. The lowest BCUT2D eigenvalue weighted by Crippen LogP contribution is -2.14. The van der Waals surface area contributed by atoms with Gasteiger partial charge in [0.05, 0.1) is 0 Å². The molecule has 0 heterocycles. The molecule has 4 aromatic carbocycles. The van der Waals surface area contributed by atoms with Crippen molar-refractivity contribution in [2.45, 2.75) is 111 Å². The van der Waals surface area contributed by atoms with E-state index in [2.05, 4.69) is 154 Å². The SMILES string of the molecule is Cc1cc(Cc2cc(Cc3cc(CCc4ccccc4)cc(C(C)(C)C)c3)cc(C(C)(C)C)c2)cc(C(C)(C)C)c1. The van der Waals surface area contributed by atoms with Crippen molar-refractivity contribution in [1.82, 2.24) is 0 Å². The fraction of sp³-hybridized carbons (Fsp3) is 0.415. The maximum atomic E-state index is 2.46. The van der Waals surface area contributed by atoms with E-state index < -0.39 is 0 Å². The van der Waals surface area contributed by atoms with Crippen LogP contribution in [0.25, 0.3) is 0 Å². The first-order valence-electron chi connectivity index (χ1n) is 15.5. The second kappa shape index (κ2) is 12.0. The molecule has 0 heteroatoms. The molecule has 0 aromatic heterocycles. The summed E-state index contributed by atoms with van der Waals surface area (Å²) >= 11 is 0. The quantitative estimate of drug-likeness (QED) is 0.217. The second-order valence-electron chi connectivity index (χ2n) is 15.4. The molecule has 0 aliphatic heterocycles. The number of hydrogen-bond donors (Lipinski definition) is 0. The second-order valence-corrected chi connectivity index (χ2v) is 15.4. The van der Waals surface area contributed by atoms with Gasteiger partial charge in [-0.3, -0.25) is 0 Å². The normalized spacial score (nSPS) is 12.5. The van der Waals surface area contributed by atoms with Crippen LogP contribution in [0.15, 0.2) is 84.9 Å². The smallest absolute Gasteiger partial charge is 0.00254 e. The van der Waals surface area contributed by atoms with Crippen LogP contribution in [0.4, 0.5) is 0 Å². The van der Waals surface area contributed by atoms with Crippen molar-refractivity contribution in [3.05, 3.63) is 141 Å². The first-order valence-corrected chi connectivity index (χ1v) is 15.5. The molecule has 4 aromatic rings. The Hall–Kier alpha value is -3.12.